The fraction of sp³-hybridized carbons (Fsp3) is 0. The van der Waals surface area contributed by atoms with E-state index in [9.17, 15) is 0 Å². The molecular weight excluding hydrogens is 384 g/mol. The average molecular weight is 394 g/mol. The maximum Gasteiger partial charge on any atom is 0.216 e. The number of nitrogens with zero attached hydrogens (tertiary/aromatic N) is 3. The van der Waals surface area contributed by atoms with E-state index in [2.05, 4.69) is 31.2 Å². The van der Waals surface area contributed by atoms with Crippen molar-refractivity contribution in [1.29, 1.82) is 0 Å². The second-order valence-corrected chi connectivity index (χ2v) is 6.21. The largest absolute Gasteiger partial charge is 0.250 e. The van der Waals surface area contributed by atoms with Gasteiger partial charge in [-0.2, -0.15) is 14.9 Å². The zero-order chi connectivity index (χ0) is 15.5. The molecule has 0 amide bonds. The molecule has 1 aromatic heterocycles. The number of halogens is 2. The molecule has 2 aromatic carbocycles. The van der Waals surface area contributed by atoms with Crippen LogP contribution in [-0.4, -0.2) is 21.1 Å². The van der Waals surface area contributed by atoms with Gasteiger partial charge in [0.1, 0.15) is 0 Å². The third-order valence-electron chi connectivity index (χ3n) is 2.93. The molecule has 4 nitrogen and oxygen atoms in total. The van der Waals surface area contributed by atoms with Crippen molar-refractivity contribution < 1.29 is 0 Å². The van der Waals surface area contributed by atoms with Crippen LogP contribution in [0.1, 0.15) is 5.56 Å². The van der Waals surface area contributed by atoms with Crippen molar-refractivity contribution in [1.82, 2.24) is 14.9 Å². The first kappa shape index (κ1) is 15.1. The summed E-state index contributed by atoms with van der Waals surface area (Å²) in [5.74, 6) is 0.612. The van der Waals surface area contributed by atoms with Crippen LogP contribution in [0.2, 0.25) is 5.02 Å². The lowest BCUT2D eigenvalue weighted by molar-refractivity contribution is 0.871. The normalized spacial score (nSPS) is 11.2. The van der Waals surface area contributed by atoms with E-state index in [1.54, 1.807) is 10.9 Å². The fourth-order valence-corrected chi connectivity index (χ4v) is 2.52. The molecular formula is C15H10BrClN4S. The highest BCUT2D eigenvalue weighted by atomic mass is 79.9. The predicted molar refractivity (Wildman–Crippen MR) is 95.0 cm³/mol. The van der Waals surface area contributed by atoms with Crippen LogP contribution in [0.15, 0.2) is 58.1 Å². The van der Waals surface area contributed by atoms with Gasteiger partial charge in [-0.3, -0.25) is 0 Å². The average Bonchev–Trinajstić information content (AvgIpc) is 2.88. The standard InChI is InChI=1S/C15H10BrClN4S/c16-12-6-4-10(5-7-12)9-18-21-14(19-20-15(21)22)11-2-1-3-13(17)8-11/h1-9H,(H,20,22). The number of H-pyrrole nitrogens is 1. The van der Waals surface area contributed by atoms with Crippen molar-refractivity contribution in [2.75, 3.05) is 0 Å². The molecule has 3 rings (SSSR count). The molecule has 0 unspecified atom stereocenters. The van der Waals surface area contributed by atoms with Gasteiger partial charge in [-0.05, 0) is 42.0 Å². The Labute approximate surface area is 145 Å². The summed E-state index contributed by atoms with van der Waals surface area (Å²) in [6.45, 7) is 0. The third kappa shape index (κ3) is 3.35. The number of aromatic amines is 1. The van der Waals surface area contributed by atoms with Gasteiger partial charge in [0.15, 0.2) is 5.82 Å². The maximum atomic E-state index is 6.03. The van der Waals surface area contributed by atoms with Crippen molar-refractivity contribution in [3.05, 3.63) is 68.4 Å². The summed E-state index contributed by atoms with van der Waals surface area (Å²) in [6, 6.07) is 15.2. The number of nitrogens with one attached hydrogen (secondary N) is 1. The molecule has 0 saturated heterocycles. The summed E-state index contributed by atoms with van der Waals surface area (Å²) in [6.07, 6.45) is 1.73. The Morgan fingerprint density at radius 3 is 2.73 bits per heavy atom. The Balaban J connectivity index is 1.99. The monoisotopic (exact) mass is 392 g/mol. The van der Waals surface area contributed by atoms with Crippen LogP contribution in [-0.2, 0) is 0 Å². The van der Waals surface area contributed by atoms with Crippen LogP contribution in [0.5, 0.6) is 0 Å². The van der Waals surface area contributed by atoms with Gasteiger partial charge in [0, 0.05) is 15.1 Å². The Bertz CT molecular complexity index is 883. The fourth-order valence-electron chi connectivity index (χ4n) is 1.89. The zero-order valence-electron chi connectivity index (χ0n) is 11.2. The molecule has 3 aromatic rings. The van der Waals surface area contributed by atoms with E-state index in [-0.39, 0.29) is 0 Å². The van der Waals surface area contributed by atoms with Crippen molar-refractivity contribution >= 4 is 46.0 Å². The molecule has 0 atom stereocenters. The minimum atomic E-state index is 0.420. The molecule has 0 radical (unpaired) electrons. The highest BCUT2D eigenvalue weighted by Gasteiger charge is 2.08. The molecule has 22 heavy (non-hydrogen) atoms. The highest BCUT2D eigenvalue weighted by molar-refractivity contribution is 9.10. The van der Waals surface area contributed by atoms with E-state index in [0.29, 0.717) is 15.6 Å². The van der Waals surface area contributed by atoms with E-state index in [1.807, 2.05) is 48.5 Å². The van der Waals surface area contributed by atoms with Crippen LogP contribution in [0.25, 0.3) is 11.4 Å². The van der Waals surface area contributed by atoms with E-state index in [1.165, 1.54) is 0 Å². The van der Waals surface area contributed by atoms with E-state index >= 15 is 0 Å². The lowest BCUT2D eigenvalue weighted by Gasteiger charge is -2.01. The predicted octanol–water partition coefficient (Wildman–Crippen LogP) is 4.91. The van der Waals surface area contributed by atoms with E-state index in [0.717, 1.165) is 15.6 Å². The van der Waals surface area contributed by atoms with Crippen LogP contribution in [0.3, 0.4) is 0 Å². The Kier molecular flexibility index (Phi) is 4.52. The molecule has 0 aliphatic carbocycles. The molecule has 7 heteroatoms. The van der Waals surface area contributed by atoms with Gasteiger partial charge in [-0.25, -0.2) is 5.10 Å². The molecule has 0 spiro atoms. The Morgan fingerprint density at radius 2 is 2.00 bits per heavy atom. The molecule has 0 saturated carbocycles. The van der Waals surface area contributed by atoms with Gasteiger partial charge in [0.25, 0.3) is 0 Å². The number of hydrogen-bond donors (Lipinski definition) is 1. The molecule has 0 aliphatic heterocycles. The molecule has 0 aliphatic rings. The quantitative estimate of drug-likeness (QED) is 0.508. The molecule has 0 bridgehead atoms. The minimum Gasteiger partial charge on any atom is -0.250 e. The third-order valence-corrected chi connectivity index (χ3v) is 3.95. The summed E-state index contributed by atoms with van der Waals surface area (Å²) in [5.41, 5.74) is 1.80. The second-order valence-electron chi connectivity index (χ2n) is 4.47. The summed E-state index contributed by atoms with van der Waals surface area (Å²) in [4.78, 5) is 0. The van der Waals surface area contributed by atoms with Crippen LogP contribution < -0.4 is 0 Å². The minimum absolute atomic E-state index is 0.420. The topological polar surface area (TPSA) is 46.0 Å². The second kappa shape index (κ2) is 6.56. The zero-order valence-corrected chi connectivity index (χ0v) is 14.4. The van der Waals surface area contributed by atoms with Gasteiger partial charge in [0.05, 0.1) is 6.21 Å². The lowest BCUT2D eigenvalue weighted by atomic mass is 10.2. The van der Waals surface area contributed by atoms with Crippen LogP contribution in [0.4, 0.5) is 0 Å². The first-order valence-corrected chi connectivity index (χ1v) is 7.95. The first-order valence-electron chi connectivity index (χ1n) is 6.37. The summed E-state index contributed by atoms with van der Waals surface area (Å²) in [5, 5.41) is 12.0. The molecule has 0 fully saturated rings. The van der Waals surface area contributed by atoms with E-state index in [4.69, 9.17) is 23.8 Å². The van der Waals surface area contributed by atoms with Gasteiger partial charge in [-0.1, -0.05) is 51.8 Å². The maximum absolute atomic E-state index is 6.03. The van der Waals surface area contributed by atoms with Gasteiger partial charge < -0.3 is 0 Å². The lowest BCUT2D eigenvalue weighted by Crippen LogP contribution is -1.95. The van der Waals surface area contributed by atoms with Crippen molar-refractivity contribution in [2.24, 2.45) is 5.10 Å². The molecule has 1 heterocycles. The van der Waals surface area contributed by atoms with Crippen molar-refractivity contribution in [2.45, 2.75) is 0 Å². The van der Waals surface area contributed by atoms with Gasteiger partial charge >= 0.3 is 0 Å². The first-order chi connectivity index (χ1) is 10.6. The smallest absolute Gasteiger partial charge is 0.216 e. The number of rotatable bonds is 3. The van der Waals surface area contributed by atoms with E-state index < -0.39 is 0 Å². The summed E-state index contributed by atoms with van der Waals surface area (Å²) >= 11 is 14.7. The van der Waals surface area contributed by atoms with Crippen LogP contribution in [0, 0.1) is 4.77 Å². The summed E-state index contributed by atoms with van der Waals surface area (Å²) < 4.78 is 3.01. The number of benzene rings is 2. The van der Waals surface area contributed by atoms with Gasteiger partial charge in [-0.15, -0.1) is 0 Å². The summed E-state index contributed by atoms with van der Waals surface area (Å²) in [7, 11) is 0. The molecule has 110 valence electrons. The number of aromatic nitrogens is 3. The Morgan fingerprint density at radius 1 is 1.23 bits per heavy atom. The Hall–Kier alpha value is -1.76. The highest BCUT2D eigenvalue weighted by Crippen LogP contribution is 2.21. The van der Waals surface area contributed by atoms with Crippen LogP contribution >= 0.6 is 39.7 Å². The van der Waals surface area contributed by atoms with Crippen molar-refractivity contribution in [3.63, 3.8) is 0 Å². The van der Waals surface area contributed by atoms with Gasteiger partial charge in [0.2, 0.25) is 4.77 Å². The number of hydrogen-bond acceptors (Lipinski definition) is 3. The van der Waals surface area contributed by atoms with Crippen molar-refractivity contribution in [3.8, 4) is 11.4 Å². The molecule has 1 N–H and O–H groups in total. The SMILES string of the molecule is S=c1[nH]nc(-c2cccc(Cl)c2)n1N=Cc1ccc(Br)cc1.